The van der Waals surface area contributed by atoms with Gasteiger partial charge in [-0.15, -0.1) is 6.42 Å². The second-order valence-electron chi connectivity index (χ2n) is 8.80. The van der Waals surface area contributed by atoms with Gasteiger partial charge >= 0.3 is 12.1 Å². The van der Waals surface area contributed by atoms with Crippen molar-refractivity contribution in [3.8, 4) is 23.5 Å². The molecular weight excluding hydrogens is 432 g/mol. The Labute approximate surface area is 199 Å². The van der Waals surface area contributed by atoms with Gasteiger partial charge in [-0.25, -0.2) is 4.79 Å². The number of amides is 2. The molecule has 34 heavy (non-hydrogen) atoms. The summed E-state index contributed by atoms with van der Waals surface area (Å²) >= 11 is 0. The molecule has 0 bridgehead atoms. The lowest BCUT2D eigenvalue weighted by Gasteiger charge is -2.26. The molecule has 1 saturated carbocycles. The molecule has 2 aliphatic rings. The van der Waals surface area contributed by atoms with Gasteiger partial charge in [0.15, 0.2) is 0 Å². The number of nitrogens with one attached hydrogen (secondary N) is 1. The second-order valence-corrected chi connectivity index (χ2v) is 8.80. The van der Waals surface area contributed by atoms with Crippen LogP contribution in [-0.2, 0) is 14.3 Å². The number of rotatable bonds is 8. The van der Waals surface area contributed by atoms with Gasteiger partial charge in [0.2, 0.25) is 5.91 Å². The fraction of sp³-hybridized carbons (Fsp3) is 0.370. The van der Waals surface area contributed by atoms with E-state index in [2.05, 4.69) is 35.5 Å². The van der Waals surface area contributed by atoms with Gasteiger partial charge < -0.3 is 20.1 Å². The molecule has 7 heteroatoms. The van der Waals surface area contributed by atoms with Crippen molar-refractivity contribution in [2.24, 2.45) is 11.8 Å². The average Bonchev–Trinajstić information content (AvgIpc) is 3.43. The number of nitrogens with zero attached hydrogens (tertiary/aromatic N) is 1. The maximum Gasteiger partial charge on any atom is 0.407 e. The summed E-state index contributed by atoms with van der Waals surface area (Å²) in [6, 6.07) is 16.3. The fourth-order valence-electron chi connectivity index (χ4n) is 5.19. The largest absolute Gasteiger partial charge is 0.480 e. The maximum atomic E-state index is 12.9. The van der Waals surface area contributed by atoms with Crippen LogP contribution in [0.25, 0.3) is 11.1 Å². The highest BCUT2D eigenvalue weighted by atomic mass is 16.5. The van der Waals surface area contributed by atoms with E-state index in [1.165, 1.54) is 4.90 Å². The molecule has 0 aliphatic heterocycles. The number of terminal acetylenes is 1. The molecule has 176 valence electrons. The number of carboxylic acid groups (broad SMARTS) is 1. The maximum absolute atomic E-state index is 12.9. The molecule has 0 spiro atoms. The van der Waals surface area contributed by atoms with E-state index in [1.54, 1.807) is 0 Å². The summed E-state index contributed by atoms with van der Waals surface area (Å²) in [6.07, 6.45) is 7.05. The van der Waals surface area contributed by atoms with Crippen molar-refractivity contribution in [2.75, 3.05) is 26.2 Å². The van der Waals surface area contributed by atoms with Gasteiger partial charge in [0.1, 0.15) is 13.2 Å². The first-order valence-electron chi connectivity index (χ1n) is 11.5. The van der Waals surface area contributed by atoms with Crippen molar-refractivity contribution in [3.05, 3.63) is 59.7 Å². The van der Waals surface area contributed by atoms with Crippen LogP contribution < -0.4 is 5.32 Å². The molecule has 2 atom stereocenters. The molecule has 0 radical (unpaired) electrons. The molecule has 4 rings (SSSR count). The number of ether oxygens (including phenoxy) is 1. The monoisotopic (exact) mass is 460 g/mol. The summed E-state index contributed by atoms with van der Waals surface area (Å²) in [5.74, 6) is 0.522. The van der Waals surface area contributed by atoms with Crippen molar-refractivity contribution in [1.82, 2.24) is 10.2 Å². The molecule has 7 nitrogen and oxygen atoms in total. The van der Waals surface area contributed by atoms with Crippen LogP contribution in [0, 0.1) is 24.2 Å². The second kappa shape index (κ2) is 10.4. The Morgan fingerprint density at radius 2 is 1.71 bits per heavy atom. The zero-order valence-corrected chi connectivity index (χ0v) is 18.9. The van der Waals surface area contributed by atoms with E-state index < -0.39 is 18.6 Å². The summed E-state index contributed by atoms with van der Waals surface area (Å²) in [4.78, 5) is 37.7. The van der Waals surface area contributed by atoms with Gasteiger partial charge in [-0.2, -0.15) is 0 Å². The van der Waals surface area contributed by atoms with Gasteiger partial charge in [-0.05, 0) is 41.0 Å². The first kappa shape index (κ1) is 23.4. The lowest BCUT2D eigenvalue weighted by atomic mass is 9.94. The number of aliphatic carboxylic acids is 1. The van der Waals surface area contributed by atoms with Crippen LogP contribution in [0.3, 0.4) is 0 Å². The van der Waals surface area contributed by atoms with Crippen molar-refractivity contribution >= 4 is 18.0 Å². The van der Waals surface area contributed by atoms with Crippen molar-refractivity contribution in [2.45, 2.75) is 25.2 Å². The normalized spacial score (nSPS) is 18.4. The summed E-state index contributed by atoms with van der Waals surface area (Å²) in [6.45, 7) is 0.0473. The Balaban J connectivity index is 1.33. The van der Waals surface area contributed by atoms with E-state index in [4.69, 9.17) is 16.3 Å². The minimum absolute atomic E-state index is 0.0210. The third kappa shape index (κ3) is 4.91. The van der Waals surface area contributed by atoms with Crippen molar-refractivity contribution in [3.63, 3.8) is 0 Å². The lowest BCUT2D eigenvalue weighted by Crippen LogP contribution is -2.43. The Kier molecular flexibility index (Phi) is 7.17. The van der Waals surface area contributed by atoms with E-state index in [-0.39, 0.29) is 36.8 Å². The third-order valence-corrected chi connectivity index (χ3v) is 6.75. The SMILES string of the molecule is C#CCN(CC(=O)O)C(=O)C1CCCC1CNC(=O)OCC1c2ccccc2-c2ccccc21. The molecular formula is C27H28N2O5. The van der Waals surface area contributed by atoms with Gasteiger partial charge in [0.05, 0.1) is 6.54 Å². The third-order valence-electron chi connectivity index (χ3n) is 6.75. The first-order chi connectivity index (χ1) is 16.5. The first-order valence-corrected chi connectivity index (χ1v) is 11.5. The Hall–Kier alpha value is -3.79. The van der Waals surface area contributed by atoms with Crippen LogP contribution in [0.2, 0.25) is 0 Å². The smallest absolute Gasteiger partial charge is 0.407 e. The minimum Gasteiger partial charge on any atom is -0.480 e. The molecule has 2 aliphatic carbocycles. The molecule has 2 aromatic rings. The Morgan fingerprint density at radius 3 is 2.32 bits per heavy atom. The number of benzene rings is 2. The summed E-state index contributed by atoms with van der Waals surface area (Å²) < 4.78 is 5.58. The Bertz CT molecular complexity index is 1080. The van der Waals surface area contributed by atoms with Gasteiger partial charge in [-0.1, -0.05) is 60.9 Å². The zero-order valence-electron chi connectivity index (χ0n) is 18.9. The predicted octanol–water partition coefficient (Wildman–Crippen LogP) is 3.49. The van der Waals surface area contributed by atoms with Gasteiger partial charge in [0.25, 0.3) is 0 Å². The molecule has 0 saturated heterocycles. The summed E-state index contributed by atoms with van der Waals surface area (Å²) in [7, 11) is 0. The van der Waals surface area contributed by atoms with E-state index in [1.807, 2.05) is 24.3 Å². The van der Waals surface area contributed by atoms with Gasteiger partial charge in [0, 0.05) is 18.4 Å². The summed E-state index contributed by atoms with van der Waals surface area (Å²) in [5, 5.41) is 11.9. The quantitative estimate of drug-likeness (QED) is 0.588. The highest BCUT2D eigenvalue weighted by Gasteiger charge is 2.36. The summed E-state index contributed by atoms with van der Waals surface area (Å²) in [5.41, 5.74) is 4.62. The van der Waals surface area contributed by atoms with Crippen LogP contribution >= 0.6 is 0 Å². The predicted molar refractivity (Wildman–Crippen MR) is 127 cm³/mol. The number of carbonyl (C=O) groups excluding carboxylic acids is 2. The highest BCUT2D eigenvalue weighted by Crippen LogP contribution is 2.44. The fourth-order valence-corrected chi connectivity index (χ4v) is 5.19. The average molecular weight is 461 g/mol. The number of carboxylic acids is 1. The standard InChI is InChI=1S/C27H28N2O5/c1-2-14-29(16-25(30)31)26(32)19-13-7-8-18(19)15-28-27(33)34-17-24-22-11-5-3-9-20(22)21-10-4-6-12-23(21)24/h1,3-6,9-12,18-19,24H,7-8,13-17H2,(H,28,33)(H,30,31). The number of hydrogen-bond acceptors (Lipinski definition) is 4. The van der Waals surface area contributed by atoms with E-state index in [9.17, 15) is 14.4 Å². The zero-order chi connectivity index (χ0) is 24.1. The molecule has 2 amide bonds. The number of alkyl carbamates (subject to hydrolysis) is 1. The highest BCUT2D eigenvalue weighted by molar-refractivity contribution is 5.84. The van der Waals surface area contributed by atoms with Crippen LogP contribution in [0.4, 0.5) is 4.79 Å². The van der Waals surface area contributed by atoms with Gasteiger partial charge in [-0.3, -0.25) is 9.59 Å². The molecule has 0 heterocycles. The Morgan fingerprint density at radius 1 is 1.06 bits per heavy atom. The molecule has 2 N–H and O–H groups in total. The van der Waals surface area contributed by atoms with Crippen LogP contribution in [0.1, 0.15) is 36.3 Å². The molecule has 0 aromatic heterocycles. The van der Waals surface area contributed by atoms with Crippen molar-refractivity contribution in [1.29, 1.82) is 0 Å². The topological polar surface area (TPSA) is 95.9 Å². The lowest BCUT2D eigenvalue weighted by molar-refractivity contribution is -0.146. The molecule has 2 aromatic carbocycles. The van der Waals surface area contributed by atoms with Crippen LogP contribution in [0.15, 0.2) is 48.5 Å². The van der Waals surface area contributed by atoms with Crippen LogP contribution in [0.5, 0.6) is 0 Å². The minimum atomic E-state index is -1.10. The molecule has 2 unspecified atom stereocenters. The van der Waals surface area contributed by atoms with E-state index >= 15 is 0 Å². The van der Waals surface area contributed by atoms with E-state index in [0.29, 0.717) is 13.0 Å². The van der Waals surface area contributed by atoms with E-state index in [0.717, 1.165) is 35.1 Å². The molecule has 1 fully saturated rings. The number of carbonyl (C=O) groups is 3. The van der Waals surface area contributed by atoms with Crippen molar-refractivity contribution < 1.29 is 24.2 Å². The van der Waals surface area contributed by atoms with Crippen LogP contribution in [-0.4, -0.2) is 54.2 Å². The number of hydrogen-bond donors (Lipinski definition) is 2. The number of fused-ring (bicyclic) bond motifs is 3.